The van der Waals surface area contributed by atoms with Crippen LogP contribution in [-0.2, 0) is 9.59 Å². The van der Waals surface area contributed by atoms with E-state index >= 15 is 0 Å². The maximum Gasteiger partial charge on any atom is 0.349 e. The Labute approximate surface area is 200 Å². The second-order valence-corrected chi connectivity index (χ2v) is 9.34. The zero-order chi connectivity index (χ0) is 24.0. The summed E-state index contributed by atoms with van der Waals surface area (Å²) in [5, 5.41) is 7.30. The molecule has 8 nitrogen and oxygen atoms in total. The number of benzene rings is 2. The molecule has 174 valence electrons. The van der Waals surface area contributed by atoms with Crippen molar-refractivity contribution >= 4 is 29.4 Å². The van der Waals surface area contributed by atoms with Gasteiger partial charge in [-0.05, 0) is 18.6 Å². The molecule has 2 aliphatic heterocycles. The number of nitrogens with one attached hydrogen (secondary N) is 1. The second kappa shape index (κ2) is 8.29. The topological polar surface area (TPSA) is 102 Å². The Hall–Kier alpha value is -3.65. The molecule has 0 spiro atoms. The number of nitrogens with zero attached hydrogens (tertiary/aromatic N) is 2. The lowest BCUT2D eigenvalue weighted by molar-refractivity contribution is -0.133. The first-order valence-corrected chi connectivity index (χ1v) is 11.2. The molecule has 1 aromatic heterocycles. The fraction of sp³-hybridized carbons (Fsp3) is 0.280. The summed E-state index contributed by atoms with van der Waals surface area (Å²) in [4.78, 5) is 39.5. The van der Waals surface area contributed by atoms with Gasteiger partial charge in [0, 0.05) is 29.9 Å². The van der Waals surface area contributed by atoms with Crippen LogP contribution >= 0.6 is 11.6 Å². The summed E-state index contributed by atoms with van der Waals surface area (Å²) in [6, 6.07) is 13.7. The Balaban J connectivity index is 1.47. The first-order valence-electron chi connectivity index (χ1n) is 10.9. The van der Waals surface area contributed by atoms with Crippen LogP contribution in [-0.4, -0.2) is 34.0 Å². The molecule has 3 aromatic rings. The van der Waals surface area contributed by atoms with Gasteiger partial charge in [-0.1, -0.05) is 60.1 Å². The van der Waals surface area contributed by atoms with Crippen LogP contribution in [0.25, 0.3) is 11.3 Å². The van der Waals surface area contributed by atoms with Crippen LogP contribution in [0.4, 0.5) is 0 Å². The molecule has 2 fully saturated rings. The van der Waals surface area contributed by atoms with Gasteiger partial charge in [-0.25, -0.2) is 4.79 Å². The van der Waals surface area contributed by atoms with Gasteiger partial charge in [-0.15, -0.1) is 0 Å². The van der Waals surface area contributed by atoms with Crippen LogP contribution in [0.2, 0.25) is 5.02 Å². The van der Waals surface area contributed by atoms with Gasteiger partial charge in [-0.2, -0.15) is 0 Å². The van der Waals surface area contributed by atoms with Crippen molar-refractivity contribution in [1.82, 2.24) is 15.4 Å². The number of carbonyl (C=O) groups is 3. The molecule has 0 aliphatic carbocycles. The molecule has 3 heterocycles. The predicted octanol–water partition coefficient (Wildman–Crippen LogP) is 4.36. The standard InChI is InChI=1S/C25H22ClN3O5/c1-14(30)29-19(11-25(2)12-21(31)27-24(25)29)16-8-4-6-10-20(16)34-23(32)17-13-33-28-22(17)15-7-3-5-9-18(15)26/h3-10,13,19,24H,11-12H2,1-2H3,(H,27,31)/t19-,24+,25-/m1/s1. The van der Waals surface area contributed by atoms with Crippen molar-refractivity contribution in [3.05, 3.63) is 70.9 Å². The fourth-order valence-corrected chi connectivity index (χ4v) is 5.27. The molecule has 2 aromatic carbocycles. The van der Waals surface area contributed by atoms with E-state index in [1.165, 1.54) is 13.2 Å². The number of rotatable bonds is 4. The van der Waals surface area contributed by atoms with E-state index < -0.39 is 17.6 Å². The molecular weight excluding hydrogens is 458 g/mol. The molecule has 0 bridgehead atoms. The minimum atomic E-state index is -0.657. The number of esters is 1. The predicted molar refractivity (Wildman–Crippen MR) is 123 cm³/mol. The molecule has 2 saturated heterocycles. The number of likely N-dealkylation sites (tertiary alicyclic amines) is 1. The summed E-state index contributed by atoms with van der Waals surface area (Å²) >= 11 is 6.28. The SMILES string of the molecule is CC(=O)N1[C@@H](c2ccccc2OC(=O)c2conc2-c2ccccc2Cl)C[C@]2(C)CC(=O)N[C@@H]12. The maximum absolute atomic E-state index is 13.2. The van der Waals surface area contributed by atoms with E-state index in [0.29, 0.717) is 34.7 Å². The average molecular weight is 480 g/mol. The van der Waals surface area contributed by atoms with Crippen molar-refractivity contribution < 1.29 is 23.6 Å². The van der Waals surface area contributed by atoms with E-state index in [4.69, 9.17) is 20.9 Å². The second-order valence-electron chi connectivity index (χ2n) is 8.93. The van der Waals surface area contributed by atoms with Crippen molar-refractivity contribution in [3.8, 4) is 17.0 Å². The summed E-state index contributed by atoms with van der Waals surface area (Å²) in [5.74, 6) is -0.570. The first-order chi connectivity index (χ1) is 16.3. The van der Waals surface area contributed by atoms with Gasteiger partial charge in [-0.3, -0.25) is 9.59 Å². The van der Waals surface area contributed by atoms with Crippen molar-refractivity contribution in [2.45, 2.75) is 38.9 Å². The number of amides is 2. The number of hydrogen-bond donors (Lipinski definition) is 1. The maximum atomic E-state index is 13.2. The van der Waals surface area contributed by atoms with Gasteiger partial charge in [0.1, 0.15) is 29.4 Å². The number of hydrogen-bond acceptors (Lipinski definition) is 6. The van der Waals surface area contributed by atoms with Crippen LogP contribution < -0.4 is 10.1 Å². The minimum absolute atomic E-state index is 0.0727. The highest BCUT2D eigenvalue weighted by Gasteiger charge is 2.56. The molecular formula is C25H22ClN3O5. The van der Waals surface area contributed by atoms with E-state index in [1.54, 1.807) is 41.3 Å². The van der Waals surface area contributed by atoms with Crippen molar-refractivity contribution in [2.24, 2.45) is 5.41 Å². The highest BCUT2D eigenvalue weighted by molar-refractivity contribution is 6.33. The molecule has 3 atom stereocenters. The summed E-state index contributed by atoms with van der Waals surface area (Å²) in [5.41, 5.74) is 1.24. The van der Waals surface area contributed by atoms with Crippen molar-refractivity contribution in [2.75, 3.05) is 0 Å². The number of carbonyl (C=O) groups excluding carboxylic acids is 3. The lowest BCUT2D eigenvalue weighted by atomic mass is 9.83. The van der Waals surface area contributed by atoms with Gasteiger partial charge in [0.25, 0.3) is 0 Å². The third-order valence-electron chi connectivity index (χ3n) is 6.56. The van der Waals surface area contributed by atoms with Gasteiger partial charge in [0.2, 0.25) is 11.8 Å². The first kappa shape index (κ1) is 22.2. The minimum Gasteiger partial charge on any atom is -0.422 e. The fourth-order valence-electron chi connectivity index (χ4n) is 5.04. The quantitative estimate of drug-likeness (QED) is 0.440. The van der Waals surface area contributed by atoms with Crippen LogP contribution in [0.3, 0.4) is 0 Å². The summed E-state index contributed by atoms with van der Waals surface area (Å²) in [6.45, 7) is 3.47. The molecule has 2 aliphatic rings. The van der Waals surface area contributed by atoms with Crippen molar-refractivity contribution in [3.63, 3.8) is 0 Å². The highest BCUT2D eigenvalue weighted by Crippen LogP contribution is 2.52. The van der Waals surface area contributed by atoms with Gasteiger partial charge < -0.3 is 19.5 Å². The lowest BCUT2D eigenvalue weighted by Crippen LogP contribution is -2.46. The molecule has 0 radical (unpaired) electrons. The molecule has 9 heteroatoms. The van der Waals surface area contributed by atoms with Gasteiger partial charge >= 0.3 is 5.97 Å². The molecule has 0 saturated carbocycles. The number of aromatic nitrogens is 1. The Morgan fingerprint density at radius 3 is 2.71 bits per heavy atom. The summed E-state index contributed by atoms with van der Waals surface area (Å²) in [7, 11) is 0. The van der Waals surface area contributed by atoms with E-state index in [-0.39, 0.29) is 29.1 Å². The van der Waals surface area contributed by atoms with E-state index in [0.717, 1.165) is 0 Å². The number of para-hydroxylation sites is 1. The smallest absolute Gasteiger partial charge is 0.349 e. The van der Waals surface area contributed by atoms with Crippen LogP contribution in [0.5, 0.6) is 5.75 Å². The molecule has 1 N–H and O–H groups in total. The van der Waals surface area contributed by atoms with Gasteiger partial charge in [0.15, 0.2) is 0 Å². The number of halogens is 1. The van der Waals surface area contributed by atoms with E-state index in [2.05, 4.69) is 10.5 Å². The lowest BCUT2D eigenvalue weighted by Gasteiger charge is -2.30. The Kier molecular flexibility index (Phi) is 5.40. The summed E-state index contributed by atoms with van der Waals surface area (Å²) in [6.07, 6.45) is 1.71. The van der Waals surface area contributed by atoms with Crippen LogP contribution in [0.15, 0.2) is 59.3 Å². The van der Waals surface area contributed by atoms with Crippen LogP contribution in [0, 0.1) is 5.41 Å². The molecule has 34 heavy (non-hydrogen) atoms. The Bertz CT molecular complexity index is 1300. The highest BCUT2D eigenvalue weighted by atomic mass is 35.5. The normalized spacial score (nSPS) is 23.5. The summed E-state index contributed by atoms with van der Waals surface area (Å²) < 4.78 is 10.9. The third kappa shape index (κ3) is 3.64. The van der Waals surface area contributed by atoms with E-state index in [9.17, 15) is 14.4 Å². The zero-order valence-electron chi connectivity index (χ0n) is 18.6. The monoisotopic (exact) mass is 479 g/mol. The third-order valence-corrected chi connectivity index (χ3v) is 6.89. The number of ether oxygens (including phenoxy) is 1. The van der Waals surface area contributed by atoms with Crippen LogP contribution in [0.1, 0.15) is 48.7 Å². The van der Waals surface area contributed by atoms with Crippen molar-refractivity contribution in [1.29, 1.82) is 0 Å². The molecule has 5 rings (SSSR count). The average Bonchev–Trinajstić information content (AvgIpc) is 3.45. The van der Waals surface area contributed by atoms with Gasteiger partial charge in [0.05, 0.1) is 11.1 Å². The molecule has 2 amide bonds. The largest absolute Gasteiger partial charge is 0.422 e. The Morgan fingerprint density at radius 1 is 1.21 bits per heavy atom. The Morgan fingerprint density at radius 2 is 1.94 bits per heavy atom. The van der Waals surface area contributed by atoms with E-state index in [1.807, 2.05) is 19.1 Å². The molecule has 0 unspecified atom stereocenters. The number of fused-ring (bicyclic) bond motifs is 1. The zero-order valence-corrected chi connectivity index (χ0v) is 19.3.